The third kappa shape index (κ3) is 16.6. The van der Waals surface area contributed by atoms with Crippen LogP contribution < -0.4 is 0 Å². The van der Waals surface area contributed by atoms with Crippen LogP contribution in [0.4, 0.5) is 0 Å². The Morgan fingerprint density at radius 2 is 1.33 bits per heavy atom. The number of unbranched alkanes of at least 4 members (excludes halogenated alkanes) is 5. The summed E-state index contributed by atoms with van der Waals surface area (Å²) in [4.78, 5) is 10.9. The molecular weight excluding hydrogens is 260 g/mol. The molecular formula is C19H32O2. The Morgan fingerprint density at radius 1 is 0.810 bits per heavy atom. The molecule has 0 rings (SSSR count). The van der Waals surface area contributed by atoms with Crippen LogP contribution in [0.15, 0.2) is 36.5 Å². The molecule has 0 aliphatic carbocycles. The fourth-order valence-electron chi connectivity index (χ4n) is 1.92. The molecule has 0 spiro atoms. The molecule has 0 saturated heterocycles. The van der Waals surface area contributed by atoms with Gasteiger partial charge in [-0.1, -0.05) is 56.2 Å². The maximum Gasteiger partial charge on any atom is 0.305 e. The molecule has 0 fully saturated rings. The van der Waals surface area contributed by atoms with Crippen LogP contribution in [0.2, 0.25) is 0 Å². The lowest BCUT2D eigenvalue weighted by Crippen LogP contribution is -1.98. The second kappa shape index (κ2) is 16.7. The number of allylic oxidation sites excluding steroid dienone is 6. The summed E-state index contributed by atoms with van der Waals surface area (Å²) in [7, 11) is 1.44. The van der Waals surface area contributed by atoms with Crippen molar-refractivity contribution in [1.29, 1.82) is 0 Å². The van der Waals surface area contributed by atoms with Crippen molar-refractivity contribution < 1.29 is 9.53 Å². The molecule has 0 bridgehead atoms. The van der Waals surface area contributed by atoms with Crippen LogP contribution in [-0.2, 0) is 9.53 Å². The van der Waals surface area contributed by atoms with Gasteiger partial charge in [0.25, 0.3) is 0 Å². The van der Waals surface area contributed by atoms with E-state index < -0.39 is 0 Å². The maximum absolute atomic E-state index is 10.9. The van der Waals surface area contributed by atoms with Crippen molar-refractivity contribution in [3.8, 4) is 0 Å². The summed E-state index contributed by atoms with van der Waals surface area (Å²) in [6, 6.07) is 0. The SMILES string of the molecule is CCCCCC=CCC=CCC=CCCCCC(=O)OC. The minimum absolute atomic E-state index is 0.107. The topological polar surface area (TPSA) is 26.3 Å². The normalized spacial score (nSPS) is 11.9. The number of esters is 1. The van der Waals surface area contributed by atoms with Crippen molar-refractivity contribution in [3.05, 3.63) is 36.5 Å². The monoisotopic (exact) mass is 292 g/mol. The second-order valence-corrected chi connectivity index (χ2v) is 5.20. The van der Waals surface area contributed by atoms with Crippen LogP contribution in [0, 0.1) is 0 Å². The van der Waals surface area contributed by atoms with Crippen LogP contribution in [0.25, 0.3) is 0 Å². The molecule has 2 heteroatoms. The molecule has 120 valence electrons. The summed E-state index contributed by atoms with van der Waals surface area (Å²) in [6.07, 6.45) is 24.1. The number of hydrogen-bond acceptors (Lipinski definition) is 2. The minimum atomic E-state index is -0.107. The van der Waals surface area contributed by atoms with Crippen LogP contribution >= 0.6 is 0 Å². The Bertz CT molecular complexity index is 314. The summed E-state index contributed by atoms with van der Waals surface area (Å²) in [5.74, 6) is -0.107. The van der Waals surface area contributed by atoms with E-state index in [1.807, 2.05) is 0 Å². The largest absolute Gasteiger partial charge is 0.469 e. The fourth-order valence-corrected chi connectivity index (χ4v) is 1.92. The van der Waals surface area contributed by atoms with Crippen LogP contribution in [0.3, 0.4) is 0 Å². The van der Waals surface area contributed by atoms with E-state index in [0.717, 1.165) is 32.1 Å². The molecule has 0 aromatic rings. The Morgan fingerprint density at radius 3 is 1.86 bits per heavy atom. The Balaban J connectivity index is 3.34. The number of hydrogen-bond donors (Lipinski definition) is 0. The van der Waals surface area contributed by atoms with Gasteiger partial charge in [0, 0.05) is 6.42 Å². The predicted octanol–water partition coefficient (Wildman–Crippen LogP) is 5.75. The van der Waals surface area contributed by atoms with Gasteiger partial charge in [-0.25, -0.2) is 0 Å². The number of rotatable bonds is 13. The highest BCUT2D eigenvalue weighted by Crippen LogP contribution is 2.03. The fraction of sp³-hybridized carbons (Fsp3) is 0.632. The minimum Gasteiger partial charge on any atom is -0.469 e. The first-order valence-corrected chi connectivity index (χ1v) is 8.33. The molecule has 0 aromatic heterocycles. The lowest BCUT2D eigenvalue weighted by Gasteiger charge is -1.96. The summed E-state index contributed by atoms with van der Waals surface area (Å²) < 4.78 is 4.60. The van der Waals surface area contributed by atoms with Crippen LogP contribution in [-0.4, -0.2) is 13.1 Å². The van der Waals surface area contributed by atoms with Crippen molar-refractivity contribution in [2.24, 2.45) is 0 Å². The highest BCUT2D eigenvalue weighted by molar-refractivity contribution is 5.68. The molecule has 0 aliphatic rings. The van der Waals surface area contributed by atoms with Gasteiger partial charge in [-0.3, -0.25) is 4.79 Å². The van der Waals surface area contributed by atoms with Gasteiger partial charge >= 0.3 is 5.97 Å². The zero-order valence-corrected chi connectivity index (χ0v) is 13.9. The van der Waals surface area contributed by atoms with Gasteiger partial charge in [0.05, 0.1) is 7.11 Å². The molecule has 21 heavy (non-hydrogen) atoms. The summed E-state index contributed by atoms with van der Waals surface area (Å²) in [6.45, 7) is 2.24. The van der Waals surface area contributed by atoms with Crippen LogP contribution in [0.1, 0.15) is 71.1 Å². The molecule has 0 radical (unpaired) electrons. The van der Waals surface area contributed by atoms with E-state index in [9.17, 15) is 4.79 Å². The van der Waals surface area contributed by atoms with Gasteiger partial charge in [0.2, 0.25) is 0 Å². The molecule has 0 unspecified atom stereocenters. The van der Waals surface area contributed by atoms with Gasteiger partial charge in [0.1, 0.15) is 0 Å². The molecule has 2 nitrogen and oxygen atoms in total. The van der Waals surface area contributed by atoms with Gasteiger partial charge in [-0.15, -0.1) is 0 Å². The summed E-state index contributed by atoms with van der Waals surface area (Å²) in [5, 5.41) is 0. The first kappa shape index (κ1) is 19.7. The third-order valence-electron chi connectivity index (χ3n) is 3.25. The molecule has 0 aliphatic heterocycles. The molecule has 0 saturated carbocycles. The van der Waals surface area contributed by atoms with Crippen molar-refractivity contribution in [2.45, 2.75) is 71.1 Å². The van der Waals surface area contributed by atoms with Gasteiger partial charge in [0.15, 0.2) is 0 Å². The highest BCUT2D eigenvalue weighted by Gasteiger charge is 1.97. The lowest BCUT2D eigenvalue weighted by atomic mass is 10.2. The predicted molar refractivity (Wildman–Crippen MR) is 91.3 cm³/mol. The molecule has 0 N–H and O–H groups in total. The van der Waals surface area contributed by atoms with Crippen LogP contribution in [0.5, 0.6) is 0 Å². The number of carbonyl (C=O) groups is 1. The average Bonchev–Trinajstić information content (AvgIpc) is 2.50. The van der Waals surface area contributed by atoms with E-state index in [1.54, 1.807) is 0 Å². The molecule has 0 aromatic carbocycles. The number of ether oxygens (including phenoxy) is 1. The zero-order chi connectivity index (χ0) is 15.6. The smallest absolute Gasteiger partial charge is 0.305 e. The summed E-state index contributed by atoms with van der Waals surface area (Å²) >= 11 is 0. The third-order valence-corrected chi connectivity index (χ3v) is 3.25. The first-order valence-electron chi connectivity index (χ1n) is 8.33. The Hall–Kier alpha value is -1.31. The number of carbonyl (C=O) groups excluding carboxylic acids is 1. The van der Waals surface area contributed by atoms with E-state index in [2.05, 4.69) is 48.1 Å². The quantitative estimate of drug-likeness (QED) is 0.245. The molecule has 0 heterocycles. The number of methoxy groups -OCH3 is 1. The van der Waals surface area contributed by atoms with E-state index in [-0.39, 0.29) is 5.97 Å². The van der Waals surface area contributed by atoms with Crippen molar-refractivity contribution in [3.63, 3.8) is 0 Å². The van der Waals surface area contributed by atoms with E-state index in [0.29, 0.717) is 6.42 Å². The van der Waals surface area contributed by atoms with E-state index >= 15 is 0 Å². The average molecular weight is 292 g/mol. The van der Waals surface area contributed by atoms with Gasteiger partial charge in [-0.2, -0.15) is 0 Å². The Labute approximate surface area is 131 Å². The zero-order valence-electron chi connectivity index (χ0n) is 13.9. The second-order valence-electron chi connectivity index (χ2n) is 5.20. The van der Waals surface area contributed by atoms with E-state index in [4.69, 9.17) is 0 Å². The van der Waals surface area contributed by atoms with Crippen molar-refractivity contribution >= 4 is 5.97 Å². The summed E-state index contributed by atoms with van der Waals surface area (Å²) in [5.41, 5.74) is 0. The van der Waals surface area contributed by atoms with E-state index in [1.165, 1.54) is 32.8 Å². The molecule has 0 atom stereocenters. The van der Waals surface area contributed by atoms with Gasteiger partial charge < -0.3 is 4.74 Å². The van der Waals surface area contributed by atoms with Crippen molar-refractivity contribution in [1.82, 2.24) is 0 Å². The van der Waals surface area contributed by atoms with Crippen molar-refractivity contribution in [2.75, 3.05) is 7.11 Å². The molecule has 0 amide bonds. The first-order chi connectivity index (χ1) is 10.3. The maximum atomic E-state index is 10.9. The Kier molecular flexibility index (Phi) is 15.7. The lowest BCUT2D eigenvalue weighted by molar-refractivity contribution is -0.140. The highest BCUT2D eigenvalue weighted by atomic mass is 16.5. The standard InChI is InChI=1S/C19H32O2/c1-3-4-5-6-7-8-9-10-11-12-13-14-15-16-17-18-19(20)21-2/h7-8,10-11,13-14H,3-6,9,12,15-18H2,1-2H3. The van der Waals surface area contributed by atoms with Gasteiger partial charge in [-0.05, 0) is 44.9 Å².